The minimum absolute atomic E-state index is 0.0304. The third kappa shape index (κ3) is 2.03. The van der Waals surface area contributed by atoms with Crippen molar-refractivity contribution < 1.29 is 14.3 Å². The number of ether oxygens (including phenoxy) is 1. The van der Waals surface area contributed by atoms with Crippen LogP contribution in [0.4, 0.5) is 0 Å². The molecule has 1 rings (SSSR count). The number of esters is 1. The number of hydrogen-bond acceptors (Lipinski definition) is 3. The molecular formula is C8H12O3. The summed E-state index contributed by atoms with van der Waals surface area (Å²) in [5.74, 6) is -0.0424. The molecular weight excluding hydrogens is 144 g/mol. The highest BCUT2D eigenvalue weighted by Crippen LogP contribution is 2.17. The van der Waals surface area contributed by atoms with E-state index in [-0.39, 0.29) is 18.2 Å². The van der Waals surface area contributed by atoms with Gasteiger partial charge in [0.15, 0.2) is 11.9 Å². The second-order valence-corrected chi connectivity index (χ2v) is 3.25. The lowest BCUT2D eigenvalue weighted by atomic mass is 10.0. The molecule has 0 aliphatic carbocycles. The number of Topliss-reactive ketones (excluding diaryl/α,β-unsaturated/α-hetero) is 1. The smallest absolute Gasteiger partial charge is 0.314 e. The first-order valence-electron chi connectivity index (χ1n) is 3.82. The van der Waals surface area contributed by atoms with Gasteiger partial charge in [-0.25, -0.2) is 0 Å². The number of carbonyl (C=O) groups excluding carboxylic acids is 2. The first-order chi connectivity index (χ1) is 5.09. The highest BCUT2D eigenvalue weighted by atomic mass is 16.6. The second kappa shape index (κ2) is 3.03. The van der Waals surface area contributed by atoms with Crippen molar-refractivity contribution in [2.45, 2.75) is 32.8 Å². The van der Waals surface area contributed by atoms with E-state index in [2.05, 4.69) is 0 Å². The molecule has 1 fully saturated rings. The van der Waals surface area contributed by atoms with Crippen LogP contribution >= 0.6 is 0 Å². The van der Waals surface area contributed by atoms with Crippen molar-refractivity contribution in [3.63, 3.8) is 0 Å². The fourth-order valence-electron chi connectivity index (χ4n) is 1.13. The normalized spacial score (nSPS) is 24.5. The van der Waals surface area contributed by atoms with Crippen LogP contribution in [0.15, 0.2) is 0 Å². The maximum atomic E-state index is 11.0. The van der Waals surface area contributed by atoms with Crippen LogP contribution in [0.25, 0.3) is 0 Å². The van der Waals surface area contributed by atoms with Crippen molar-refractivity contribution in [3.8, 4) is 0 Å². The molecule has 0 aromatic rings. The summed E-state index contributed by atoms with van der Waals surface area (Å²) in [6.45, 7) is 4.00. The summed E-state index contributed by atoms with van der Waals surface area (Å²) in [5.41, 5.74) is 0. The molecule has 62 valence electrons. The molecule has 0 aromatic carbocycles. The van der Waals surface area contributed by atoms with Crippen LogP contribution in [0.2, 0.25) is 0 Å². The first kappa shape index (κ1) is 8.24. The van der Waals surface area contributed by atoms with Gasteiger partial charge in [0.1, 0.15) is 6.42 Å². The average Bonchev–Trinajstić information content (AvgIpc) is 2.09. The van der Waals surface area contributed by atoms with E-state index in [0.29, 0.717) is 12.3 Å². The maximum absolute atomic E-state index is 11.0. The van der Waals surface area contributed by atoms with E-state index in [1.54, 1.807) is 0 Å². The Kier molecular flexibility index (Phi) is 2.27. The first-order valence-corrected chi connectivity index (χ1v) is 3.82. The number of rotatable bonds is 2. The highest BCUT2D eigenvalue weighted by molar-refractivity contribution is 6.03. The Bertz CT molecular complexity index is 184. The zero-order valence-electron chi connectivity index (χ0n) is 6.79. The molecule has 3 nitrogen and oxygen atoms in total. The number of hydrogen-bond donors (Lipinski definition) is 0. The fraction of sp³-hybridized carbons (Fsp3) is 0.750. The summed E-state index contributed by atoms with van der Waals surface area (Å²) in [5, 5.41) is 0. The highest BCUT2D eigenvalue weighted by Gasteiger charge is 2.32. The Labute approximate surface area is 65.7 Å². The minimum atomic E-state index is -0.456. The predicted octanol–water partition coefficient (Wildman–Crippen LogP) is 0.917. The SMILES string of the molecule is CC(C)CC1OC(=O)CC1=O. The van der Waals surface area contributed by atoms with Gasteiger partial charge in [0.05, 0.1) is 0 Å². The van der Waals surface area contributed by atoms with Crippen LogP contribution in [-0.4, -0.2) is 17.9 Å². The van der Waals surface area contributed by atoms with Crippen molar-refractivity contribution >= 4 is 11.8 Å². The molecule has 0 amide bonds. The molecule has 0 radical (unpaired) electrons. The third-order valence-electron chi connectivity index (χ3n) is 1.64. The van der Waals surface area contributed by atoms with Crippen LogP contribution < -0.4 is 0 Å². The summed E-state index contributed by atoms with van der Waals surface area (Å²) in [7, 11) is 0. The van der Waals surface area contributed by atoms with Crippen LogP contribution in [0, 0.1) is 5.92 Å². The van der Waals surface area contributed by atoms with Crippen molar-refractivity contribution in [1.82, 2.24) is 0 Å². The monoisotopic (exact) mass is 156 g/mol. The van der Waals surface area contributed by atoms with E-state index in [9.17, 15) is 9.59 Å². The molecule has 1 unspecified atom stereocenters. The van der Waals surface area contributed by atoms with E-state index in [4.69, 9.17) is 4.74 Å². The summed E-state index contributed by atoms with van der Waals surface area (Å²) >= 11 is 0. The molecule has 0 aromatic heterocycles. The Balaban J connectivity index is 2.47. The van der Waals surface area contributed by atoms with Gasteiger partial charge in [0, 0.05) is 0 Å². The predicted molar refractivity (Wildman–Crippen MR) is 39.0 cm³/mol. The van der Waals surface area contributed by atoms with Gasteiger partial charge in [-0.15, -0.1) is 0 Å². The molecule has 1 saturated heterocycles. The van der Waals surface area contributed by atoms with Crippen molar-refractivity contribution in [1.29, 1.82) is 0 Å². The van der Waals surface area contributed by atoms with E-state index in [1.807, 2.05) is 13.8 Å². The number of ketones is 1. The zero-order chi connectivity index (χ0) is 8.43. The van der Waals surface area contributed by atoms with Gasteiger partial charge >= 0.3 is 5.97 Å². The number of carbonyl (C=O) groups is 2. The van der Waals surface area contributed by atoms with Crippen LogP contribution in [0.1, 0.15) is 26.7 Å². The van der Waals surface area contributed by atoms with Gasteiger partial charge in [-0.2, -0.15) is 0 Å². The topological polar surface area (TPSA) is 43.4 Å². The summed E-state index contributed by atoms with van der Waals surface area (Å²) < 4.78 is 4.80. The molecule has 11 heavy (non-hydrogen) atoms. The lowest BCUT2D eigenvalue weighted by Crippen LogP contribution is -2.17. The lowest BCUT2D eigenvalue weighted by molar-refractivity contribution is -0.142. The Hall–Kier alpha value is -0.860. The average molecular weight is 156 g/mol. The van der Waals surface area contributed by atoms with Gasteiger partial charge in [0.2, 0.25) is 0 Å². The lowest BCUT2D eigenvalue weighted by Gasteiger charge is -2.09. The van der Waals surface area contributed by atoms with Crippen LogP contribution in [0.3, 0.4) is 0 Å². The third-order valence-corrected chi connectivity index (χ3v) is 1.64. The van der Waals surface area contributed by atoms with Gasteiger partial charge < -0.3 is 4.74 Å². The van der Waals surface area contributed by atoms with E-state index in [1.165, 1.54) is 0 Å². The van der Waals surface area contributed by atoms with E-state index >= 15 is 0 Å². The molecule has 1 atom stereocenters. The number of cyclic esters (lactones) is 1. The quantitative estimate of drug-likeness (QED) is 0.441. The molecule has 1 aliphatic heterocycles. The molecule has 1 aliphatic rings. The van der Waals surface area contributed by atoms with Crippen molar-refractivity contribution in [3.05, 3.63) is 0 Å². The second-order valence-electron chi connectivity index (χ2n) is 3.25. The molecule has 3 heteroatoms. The Morgan fingerprint density at radius 2 is 2.18 bits per heavy atom. The van der Waals surface area contributed by atoms with Crippen molar-refractivity contribution in [2.24, 2.45) is 5.92 Å². The summed E-state index contributed by atoms with van der Waals surface area (Å²) in [6, 6.07) is 0. The largest absolute Gasteiger partial charge is 0.454 e. The summed E-state index contributed by atoms with van der Waals surface area (Å²) in [4.78, 5) is 21.6. The van der Waals surface area contributed by atoms with Gasteiger partial charge in [0.25, 0.3) is 0 Å². The van der Waals surface area contributed by atoms with E-state index < -0.39 is 6.10 Å². The molecule has 0 N–H and O–H groups in total. The van der Waals surface area contributed by atoms with Gasteiger partial charge in [-0.3, -0.25) is 9.59 Å². The fourth-order valence-corrected chi connectivity index (χ4v) is 1.13. The van der Waals surface area contributed by atoms with Crippen molar-refractivity contribution in [2.75, 3.05) is 0 Å². The Morgan fingerprint density at radius 3 is 2.55 bits per heavy atom. The minimum Gasteiger partial charge on any atom is -0.454 e. The zero-order valence-corrected chi connectivity index (χ0v) is 6.79. The molecule has 1 heterocycles. The molecule has 0 saturated carbocycles. The standard InChI is InChI=1S/C8H12O3/c1-5(2)3-7-6(9)4-8(10)11-7/h5,7H,3-4H2,1-2H3. The molecule has 0 spiro atoms. The van der Waals surface area contributed by atoms with Crippen LogP contribution in [-0.2, 0) is 14.3 Å². The summed E-state index contributed by atoms with van der Waals surface area (Å²) in [6.07, 6.45) is 0.171. The molecule has 0 bridgehead atoms. The van der Waals surface area contributed by atoms with Gasteiger partial charge in [-0.05, 0) is 12.3 Å². The Morgan fingerprint density at radius 1 is 1.55 bits per heavy atom. The van der Waals surface area contributed by atoms with Crippen LogP contribution in [0.5, 0.6) is 0 Å². The van der Waals surface area contributed by atoms with Gasteiger partial charge in [-0.1, -0.05) is 13.8 Å². The maximum Gasteiger partial charge on any atom is 0.314 e. The van der Waals surface area contributed by atoms with E-state index in [0.717, 1.165) is 0 Å².